The number of hydrogen-bond acceptors (Lipinski definition) is 6. The van der Waals surface area contributed by atoms with E-state index < -0.39 is 6.10 Å². The minimum Gasteiger partial charge on any atom is -0.462 e. The molecule has 0 heterocycles. The van der Waals surface area contributed by atoms with Gasteiger partial charge < -0.3 is 14.2 Å². The van der Waals surface area contributed by atoms with Crippen molar-refractivity contribution in [2.75, 3.05) is 13.2 Å². The van der Waals surface area contributed by atoms with Crippen LogP contribution in [0.15, 0.2) is 0 Å². The number of carbonyl (C=O) groups is 3. The summed E-state index contributed by atoms with van der Waals surface area (Å²) in [5, 5.41) is 0. The van der Waals surface area contributed by atoms with Crippen LogP contribution in [0.3, 0.4) is 0 Å². The van der Waals surface area contributed by atoms with E-state index in [0.29, 0.717) is 19.3 Å². The van der Waals surface area contributed by atoms with Gasteiger partial charge in [-0.3, -0.25) is 14.4 Å². The van der Waals surface area contributed by atoms with Crippen molar-refractivity contribution in [2.24, 2.45) is 5.92 Å². The summed E-state index contributed by atoms with van der Waals surface area (Å²) in [6, 6.07) is 0. The molecule has 0 aliphatic carbocycles. The van der Waals surface area contributed by atoms with Crippen molar-refractivity contribution in [3.8, 4) is 0 Å². The molecule has 0 saturated heterocycles. The molecule has 0 aromatic heterocycles. The van der Waals surface area contributed by atoms with Gasteiger partial charge in [0.25, 0.3) is 0 Å². The number of ether oxygens (including phenoxy) is 3. The molecule has 0 unspecified atom stereocenters. The maximum atomic E-state index is 12.8. The third-order valence-corrected chi connectivity index (χ3v) is 12.8. The molecule has 368 valence electrons. The Hall–Kier alpha value is -1.59. The van der Waals surface area contributed by atoms with Gasteiger partial charge in [0.05, 0.1) is 0 Å². The summed E-state index contributed by atoms with van der Waals surface area (Å²) >= 11 is 0. The van der Waals surface area contributed by atoms with Crippen molar-refractivity contribution >= 4 is 17.9 Å². The van der Waals surface area contributed by atoms with Crippen LogP contribution in [0.5, 0.6) is 0 Å². The maximum absolute atomic E-state index is 12.8. The zero-order chi connectivity index (χ0) is 45.2. The molecule has 6 heteroatoms. The van der Waals surface area contributed by atoms with Gasteiger partial charge in [-0.2, -0.15) is 0 Å². The second kappa shape index (κ2) is 50.4. The Morgan fingerprint density at radius 3 is 0.790 bits per heavy atom. The first-order valence-electron chi connectivity index (χ1n) is 27.9. The third kappa shape index (κ3) is 49.4. The van der Waals surface area contributed by atoms with Gasteiger partial charge in [-0.15, -0.1) is 0 Å². The molecule has 62 heavy (non-hydrogen) atoms. The number of carbonyl (C=O) groups excluding carboxylic acids is 3. The first-order chi connectivity index (χ1) is 30.4. The first kappa shape index (κ1) is 60.4. The lowest BCUT2D eigenvalue weighted by Crippen LogP contribution is -2.30. The van der Waals surface area contributed by atoms with Crippen LogP contribution in [0.2, 0.25) is 0 Å². The van der Waals surface area contributed by atoms with E-state index in [1.807, 2.05) is 0 Å². The van der Waals surface area contributed by atoms with E-state index in [0.717, 1.165) is 63.7 Å². The number of rotatable bonds is 51. The summed E-state index contributed by atoms with van der Waals surface area (Å²) < 4.78 is 16.9. The molecule has 0 aliphatic heterocycles. The van der Waals surface area contributed by atoms with Crippen molar-refractivity contribution in [2.45, 2.75) is 323 Å². The van der Waals surface area contributed by atoms with E-state index in [9.17, 15) is 14.4 Å². The van der Waals surface area contributed by atoms with E-state index >= 15 is 0 Å². The van der Waals surface area contributed by atoms with Crippen LogP contribution in [0.4, 0.5) is 0 Å². The fourth-order valence-electron chi connectivity index (χ4n) is 8.57. The predicted octanol–water partition coefficient (Wildman–Crippen LogP) is 18.2. The van der Waals surface area contributed by atoms with Crippen LogP contribution in [-0.2, 0) is 28.6 Å². The minimum absolute atomic E-state index is 0.0620. The van der Waals surface area contributed by atoms with Crippen molar-refractivity contribution in [3.63, 3.8) is 0 Å². The third-order valence-electron chi connectivity index (χ3n) is 12.8. The average Bonchev–Trinajstić information content (AvgIpc) is 3.26. The standard InChI is InChI=1S/C56H108O6/c1-5-7-9-11-13-15-17-19-24-28-31-35-39-43-47-54(57)60-50-53(62-56(59)49-45-41-37-33-27-18-16-14-12-10-8-6-2)51-61-55(58)48-44-40-36-32-29-25-22-20-21-23-26-30-34-38-42-46-52(3)4/h52-53H,5-51H2,1-4H3/t53-/m1/s1. The molecule has 1 atom stereocenters. The van der Waals surface area contributed by atoms with Gasteiger partial charge in [-0.1, -0.05) is 278 Å². The van der Waals surface area contributed by atoms with Gasteiger partial charge in [0.1, 0.15) is 13.2 Å². The van der Waals surface area contributed by atoms with Crippen molar-refractivity contribution in [1.29, 1.82) is 0 Å². The summed E-state index contributed by atoms with van der Waals surface area (Å²) in [6.07, 6.45) is 53.7. The Kier molecular flexibility index (Phi) is 49.1. The quantitative estimate of drug-likeness (QED) is 0.0344. The topological polar surface area (TPSA) is 78.9 Å². The molecule has 0 fully saturated rings. The zero-order valence-corrected chi connectivity index (χ0v) is 42.3. The second-order valence-electron chi connectivity index (χ2n) is 19.7. The van der Waals surface area contributed by atoms with Gasteiger partial charge in [-0.05, 0) is 25.2 Å². The molecule has 0 aliphatic rings. The Balaban J connectivity index is 4.26. The molecule has 0 bridgehead atoms. The molecule has 0 aromatic rings. The van der Waals surface area contributed by atoms with Crippen LogP contribution >= 0.6 is 0 Å². The van der Waals surface area contributed by atoms with Gasteiger partial charge in [0.15, 0.2) is 6.10 Å². The molecular formula is C56H108O6. The fraction of sp³-hybridized carbons (Fsp3) is 0.946. The Labute approximate surface area is 387 Å². The molecule has 0 aromatic carbocycles. The number of hydrogen-bond donors (Lipinski definition) is 0. The molecular weight excluding hydrogens is 769 g/mol. The van der Waals surface area contributed by atoms with Crippen LogP contribution < -0.4 is 0 Å². The molecule has 0 spiro atoms. The summed E-state index contributed by atoms with van der Waals surface area (Å²) in [4.78, 5) is 38.0. The smallest absolute Gasteiger partial charge is 0.306 e. The number of esters is 3. The van der Waals surface area contributed by atoms with Crippen LogP contribution in [0, 0.1) is 5.92 Å². The monoisotopic (exact) mass is 877 g/mol. The lowest BCUT2D eigenvalue weighted by molar-refractivity contribution is -0.167. The van der Waals surface area contributed by atoms with Crippen LogP contribution in [-0.4, -0.2) is 37.2 Å². The SMILES string of the molecule is CCCCCCCCCCCCCCCCC(=O)OC[C@H](COC(=O)CCCCCCCCCCCCCCCCCC(C)C)OC(=O)CCCCCCCCCCCCCC. The highest BCUT2D eigenvalue weighted by atomic mass is 16.6. The highest BCUT2D eigenvalue weighted by Gasteiger charge is 2.19. The lowest BCUT2D eigenvalue weighted by atomic mass is 10.0. The molecule has 0 N–H and O–H groups in total. The van der Waals surface area contributed by atoms with Gasteiger partial charge >= 0.3 is 17.9 Å². The van der Waals surface area contributed by atoms with E-state index in [-0.39, 0.29) is 31.1 Å². The van der Waals surface area contributed by atoms with E-state index in [1.54, 1.807) is 0 Å². The average molecular weight is 877 g/mol. The fourth-order valence-corrected chi connectivity index (χ4v) is 8.57. The van der Waals surface area contributed by atoms with Crippen molar-refractivity contribution in [3.05, 3.63) is 0 Å². The molecule has 6 nitrogen and oxygen atoms in total. The van der Waals surface area contributed by atoms with Crippen LogP contribution in [0.1, 0.15) is 317 Å². The van der Waals surface area contributed by atoms with E-state index in [2.05, 4.69) is 27.7 Å². The van der Waals surface area contributed by atoms with Crippen molar-refractivity contribution < 1.29 is 28.6 Å². The zero-order valence-electron chi connectivity index (χ0n) is 42.3. The summed E-state index contributed by atoms with van der Waals surface area (Å²) in [7, 11) is 0. The second-order valence-corrected chi connectivity index (χ2v) is 19.7. The summed E-state index contributed by atoms with van der Waals surface area (Å²) in [5.74, 6) is 0.0111. The molecule has 0 amide bonds. The highest BCUT2D eigenvalue weighted by Crippen LogP contribution is 2.18. The first-order valence-corrected chi connectivity index (χ1v) is 27.9. The normalized spacial score (nSPS) is 12.0. The van der Waals surface area contributed by atoms with E-state index in [4.69, 9.17) is 14.2 Å². The Morgan fingerprint density at radius 2 is 0.532 bits per heavy atom. The van der Waals surface area contributed by atoms with Gasteiger partial charge in [0.2, 0.25) is 0 Å². The maximum Gasteiger partial charge on any atom is 0.306 e. The Bertz CT molecular complexity index is 933. The van der Waals surface area contributed by atoms with E-state index in [1.165, 1.54) is 212 Å². The molecule has 0 radical (unpaired) electrons. The summed E-state index contributed by atoms with van der Waals surface area (Å²) in [5.41, 5.74) is 0. The van der Waals surface area contributed by atoms with Crippen molar-refractivity contribution in [1.82, 2.24) is 0 Å². The molecule has 0 saturated carbocycles. The predicted molar refractivity (Wildman–Crippen MR) is 266 cm³/mol. The molecule has 0 rings (SSSR count). The van der Waals surface area contributed by atoms with Crippen LogP contribution in [0.25, 0.3) is 0 Å². The lowest BCUT2D eigenvalue weighted by Gasteiger charge is -2.18. The van der Waals surface area contributed by atoms with Gasteiger partial charge in [0, 0.05) is 19.3 Å². The number of unbranched alkanes of at least 4 members (excludes halogenated alkanes) is 38. The largest absolute Gasteiger partial charge is 0.462 e. The highest BCUT2D eigenvalue weighted by molar-refractivity contribution is 5.71. The van der Waals surface area contributed by atoms with Gasteiger partial charge in [-0.25, -0.2) is 0 Å². The minimum atomic E-state index is -0.761. The summed E-state index contributed by atoms with van der Waals surface area (Å²) in [6.45, 7) is 9.06. The Morgan fingerprint density at radius 1 is 0.306 bits per heavy atom.